The van der Waals surface area contributed by atoms with E-state index in [2.05, 4.69) is 129 Å². The molecule has 0 fully saturated rings. The highest BCUT2D eigenvalue weighted by Gasteiger charge is 2.45. The van der Waals surface area contributed by atoms with Crippen LogP contribution in [-0.2, 0) is 6.16 Å². The van der Waals surface area contributed by atoms with E-state index >= 15 is 0 Å². The van der Waals surface area contributed by atoms with Gasteiger partial charge in [0.15, 0.2) is 0 Å². The molecule has 0 saturated carbocycles. The van der Waals surface area contributed by atoms with Crippen LogP contribution in [0.15, 0.2) is 259 Å². The molecule has 0 amide bonds. The molecule has 6 rings (SSSR count). The number of hydrogen-bond acceptors (Lipinski definition) is 3. The number of halogens is 1. The summed E-state index contributed by atoms with van der Waals surface area (Å²) in [6.07, 6.45) is 29.0. The van der Waals surface area contributed by atoms with Gasteiger partial charge in [0.1, 0.15) is 46.6 Å². The number of phenols is 3. The molecule has 0 heterocycles. The lowest BCUT2D eigenvalue weighted by atomic mass is 10.1. The summed E-state index contributed by atoms with van der Waals surface area (Å²) in [5, 5.41) is 34.1. The molecular formula is C59H58BrO3P. The van der Waals surface area contributed by atoms with Gasteiger partial charge >= 0.3 is 0 Å². The Bertz CT molecular complexity index is 2450. The third kappa shape index (κ3) is 15.6. The Labute approximate surface area is 392 Å². The first-order chi connectivity index (χ1) is 30.7. The zero-order valence-electron chi connectivity index (χ0n) is 37.0. The number of hydrogen-bond donors (Lipinski definition) is 3. The minimum atomic E-state index is -1.96. The van der Waals surface area contributed by atoms with Crippen molar-refractivity contribution in [3.8, 4) is 17.2 Å². The van der Waals surface area contributed by atoms with E-state index in [1.165, 1.54) is 15.9 Å². The van der Waals surface area contributed by atoms with Crippen LogP contribution in [0.5, 0.6) is 17.2 Å². The fraction of sp³-hybridized carbons (Fsp3) is 0.0847. The number of aromatic hydroxyl groups is 3. The topological polar surface area (TPSA) is 60.7 Å². The van der Waals surface area contributed by atoms with Gasteiger partial charge in [-0.1, -0.05) is 217 Å². The van der Waals surface area contributed by atoms with E-state index in [1.54, 1.807) is 18.2 Å². The minimum absolute atomic E-state index is 0. The third-order valence-electron chi connectivity index (χ3n) is 10.2. The van der Waals surface area contributed by atoms with Crippen molar-refractivity contribution in [1.29, 1.82) is 0 Å². The molecular weight excluding hydrogens is 868 g/mol. The average molecular weight is 926 g/mol. The Kier molecular flexibility index (Phi) is 20.8. The van der Waals surface area contributed by atoms with Gasteiger partial charge in [0.2, 0.25) is 0 Å². The minimum Gasteiger partial charge on any atom is -1.00 e. The van der Waals surface area contributed by atoms with Gasteiger partial charge in [-0.3, -0.25) is 0 Å². The van der Waals surface area contributed by atoms with Gasteiger partial charge < -0.3 is 32.3 Å². The van der Waals surface area contributed by atoms with Crippen molar-refractivity contribution < 1.29 is 32.3 Å². The summed E-state index contributed by atoms with van der Waals surface area (Å²) in [7, 11) is -1.96. The van der Waals surface area contributed by atoms with E-state index in [4.69, 9.17) is 0 Å². The van der Waals surface area contributed by atoms with Crippen molar-refractivity contribution in [3.05, 3.63) is 276 Å². The standard InChI is InChI=1S/C34H36O2.C25H21OP.BrH/c1-27(15-11-17-29(3)23-25-31-19-7-9-21-33(31)35)13-5-6-14-28(2)16-12-18-30(4)24-26-32-20-8-10-22-34(32)36;26-25-19-11-10-12-21(25)20-27(22-13-4-1-5-14-22,23-15-6-2-7-16-23)24-17-8-3-9-18-24;/h5-26,35-36H,1-4H3;1-19H,20H2;1H/b6-5+,15-11+,16-12+,25-23+,26-24+,27-13+,28-14+,29-17+,30-18+;;. The van der Waals surface area contributed by atoms with Crippen LogP contribution in [0.2, 0.25) is 0 Å². The molecule has 6 aromatic rings. The van der Waals surface area contributed by atoms with Crippen LogP contribution < -0.4 is 32.9 Å². The highest BCUT2D eigenvalue weighted by atomic mass is 79.9. The van der Waals surface area contributed by atoms with E-state index in [0.29, 0.717) is 5.75 Å². The van der Waals surface area contributed by atoms with Crippen LogP contribution in [0, 0.1) is 0 Å². The van der Waals surface area contributed by atoms with Crippen molar-refractivity contribution in [2.45, 2.75) is 33.9 Å². The predicted molar refractivity (Wildman–Crippen MR) is 274 cm³/mol. The maximum Gasteiger partial charge on any atom is 0.122 e. The van der Waals surface area contributed by atoms with Crippen LogP contribution >= 0.6 is 7.26 Å². The second-order valence-electron chi connectivity index (χ2n) is 15.1. The summed E-state index contributed by atoms with van der Waals surface area (Å²) >= 11 is 0. The smallest absolute Gasteiger partial charge is 0.122 e. The molecule has 0 spiro atoms. The maximum absolute atomic E-state index is 10.5. The lowest BCUT2D eigenvalue weighted by molar-refractivity contribution is -0.0000154. The lowest BCUT2D eigenvalue weighted by Gasteiger charge is -2.28. The molecule has 0 unspecified atom stereocenters. The largest absolute Gasteiger partial charge is 1.00 e. The van der Waals surface area contributed by atoms with Crippen LogP contribution in [-0.4, -0.2) is 15.3 Å². The molecule has 5 heteroatoms. The van der Waals surface area contributed by atoms with Gasteiger partial charge in [-0.2, -0.15) is 0 Å². The molecule has 0 aliphatic heterocycles. The van der Waals surface area contributed by atoms with Crippen molar-refractivity contribution in [3.63, 3.8) is 0 Å². The SMILES string of the molecule is CC(/C=C/C=C(C)/C=C/c1ccccc1O)=C\C=C\C=C(C)\C=C\C=C(C)\C=C\c1ccccc1O.Oc1ccccc1C[P+](c1ccccc1)(c1ccccc1)c1ccccc1.[Br-]. The molecule has 0 saturated heterocycles. The fourth-order valence-corrected chi connectivity index (χ4v) is 11.0. The van der Waals surface area contributed by atoms with E-state index in [9.17, 15) is 15.3 Å². The molecule has 0 bridgehead atoms. The quantitative estimate of drug-likeness (QED) is 0.0710. The maximum atomic E-state index is 10.5. The second-order valence-corrected chi connectivity index (χ2v) is 18.6. The van der Waals surface area contributed by atoms with E-state index in [0.717, 1.165) is 45.1 Å². The number of benzene rings is 6. The number of allylic oxidation sites excluding steroid dienone is 16. The normalized spacial score (nSPS) is 12.9. The fourth-order valence-electron chi connectivity index (χ4n) is 6.71. The summed E-state index contributed by atoms with van der Waals surface area (Å²) < 4.78 is 0. The molecule has 0 atom stereocenters. The van der Waals surface area contributed by atoms with Gasteiger partial charge in [-0.15, -0.1) is 0 Å². The zero-order chi connectivity index (χ0) is 44.7. The summed E-state index contributed by atoms with van der Waals surface area (Å²) in [5.74, 6) is 0.934. The Morgan fingerprint density at radius 2 is 0.688 bits per heavy atom. The second kappa shape index (κ2) is 26.7. The molecule has 0 aromatic heterocycles. The Hall–Kier alpha value is -6.71. The van der Waals surface area contributed by atoms with E-state index in [-0.39, 0.29) is 28.5 Å². The zero-order valence-corrected chi connectivity index (χ0v) is 39.5. The highest BCUT2D eigenvalue weighted by molar-refractivity contribution is 7.95. The summed E-state index contributed by atoms with van der Waals surface area (Å²) in [6.45, 7) is 8.19. The summed E-state index contributed by atoms with van der Waals surface area (Å²) in [6, 6.07) is 54.5. The first-order valence-corrected chi connectivity index (χ1v) is 23.1. The molecule has 3 N–H and O–H groups in total. The molecule has 0 radical (unpaired) electrons. The van der Waals surface area contributed by atoms with Gasteiger partial charge in [0.25, 0.3) is 0 Å². The molecule has 324 valence electrons. The first-order valence-electron chi connectivity index (χ1n) is 21.1. The molecule has 6 aromatic carbocycles. The molecule has 3 nitrogen and oxygen atoms in total. The average Bonchev–Trinajstić information content (AvgIpc) is 3.31. The summed E-state index contributed by atoms with van der Waals surface area (Å²) in [4.78, 5) is 0. The van der Waals surface area contributed by atoms with Gasteiger partial charge in [-0.25, -0.2) is 0 Å². The van der Waals surface area contributed by atoms with Gasteiger partial charge in [0, 0.05) is 16.7 Å². The number of para-hydroxylation sites is 3. The van der Waals surface area contributed by atoms with Crippen molar-refractivity contribution >= 4 is 35.3 Å². The Morgan fingerprint density at radius 1 is 0.375 bits per heavy atom. The molecule has 0 aliphatic rings. The van der Waals surface area contributed by atoms with E-state index in [1.807, 2.05) is 129 Å². The van der Waals surface area contributed by atoms with Crippen molar-refractivity contribution in [1.82, 2.24) is 0 Å². The molecule has 0 aliphatic carbocycles. The Morgan fingerprint density at radius 3 is 1.06 bits per heavy atom. The van der Waals surface area contributed by atoms with Crippen LogP contribution in [0.3, 0.4) is 0 Å². The lowest BCUT2D eigenvalue weighted by Crippen LogP contribution is -3.00. The van der Waals surface area contributed by atoms with Crippen molar-refractivity contribution in [2.24, 2.45) is 0 Å². The van der Waals surface area contributed by atoms with Crippen LogP contribution in [0.25, 0.3) is 12.2 Å². The van der Waals surface area contributed by atoms with E-state index < -0.39 is 7.26 Å². The third-order valence-corrected chi connectivity index (χ3v) is 14.5. The first kappa shape index (κ1) is 49.9. The van der Waals surface area contributed by atoms with Gasteiger partial charge in [0.05, 0.1) is 0 Å². The van der Waals surface area contributed by atoms with Crippen molar-refractivity contribution in [2.75, 3.05) is 0 Å². The van der Waals surface area contributed by atoms with Crippen LogP contribution in [0.1, 0.15) is 44.4 Å². The Balaban J connectivity index is 0.000000286. The summed E-state index contributed by atoms with van der Waals surface area (Å²) in [5.41, 5.74) is 7.10. The molecule has 64 heavy (non-hydrogen) atoms. The highest BCUT2D eigenvalue weighted by Crippen LogP contribution is 2.58. The van der Waals surface area contributed by atoms with Gasteiger partial charge in [-0.05, 0) is 82.3 Å². The van der Waals surface area contributed by atoms with Crippen LogP contribution in [0.4, 0.5) is 0 Å². The number of phenolic OH excluding ortho intramolecular Hbond substituents is 3. The monoisotopic (exact) mass is 924 g/mol. The predicted octanol–water partition coefficient (Wildman–Crippen LogP) is 11.2. The number of rotatable bonds is 15.